The zero-order valence-electron chi connectivity index (χ0n) is 20.0. The van der Waals surface area contributed by atoms with Gasteiger partial charge in [-0.15, -0.1) is 0 Å². The molecule has 1 unspecified atom stereocenters. The first-order valence-electron chi connectivity index (χ1n) is 12.9. The Bertz CT molecular complexity index is 580. The highest BCUT2D eigenvalue weighted by Crippen LogP contribution is 2.20. The molecule has 1 aliphatic rings. The molecule has 1 aromatic rings. The SMILES string of the molecule is CCCCCCCCCCCCCCOc1ccc(C(=O)OC(C)N2CCCCC2)o1. The van der Waals surface area contributed by atoms with E-state index in [-0.39, 0.29) is 12.0 Å². The van der Waals surface area contributed by atoms with E-state index in [1.807, 2.05) is 6.92 Å². The molecule has 0 radical (unpaired) electrons. The predicted molar refractivity (Wildman–Crippen MR) is 126 cm³/mol. The van der Waals surface area contributed by atoms with Crippen LogP contribution in [-0.4, -0.2) is 36.8 Å². The Morgan fingerprint density at radius 1 is 0.903 bits per heavy atom. The van der Waals surface area contributed by atoms with E-state index in [4.69, 9.17) is 13.9 Å². The van der Waals surface area contributed by atoms with Crippen LogP contribution in [0.1, 0.15) is 121 Å². The molecule has 5 nitrogen and oxygen atoms in total. The van der Waals surface area contributed by atoms with Crippen molar-refractivity contribution in [2.24, 2.45) is 0 Å². The molecule has 0 bridgehead atoms. The van der Waals surface area contributed by atoms with Crippen LogP contribution in [0.5, 0.6) is 5.95 Å². The van der Waals surface area contributed by atoms with Crippen LogP contribution in [0.25, 0.3) is 0 Å². The first-order chi connectivity index (χ1) is 15.2. The standard InChI is InChI=1S/C26H45NO4/c1-3-4-5-6-7-8-9-10-11-12-13-17-22-29-25-19-18-24(31-25)26(28)30-23(2)27-20-15-14-16-21-27/h18-19,23H,3-17,20-22H2,1-2H3. The Kier molecular flexibility index (Phi) is 13.5. The second-order valence-corrected chi connectivity index (χ2v) is 8.96. The Balaban J connectivity index is 1.47. The van der Waals surface area contributed by atoms with Crippen LogP contribution in [0.15, 0.2) is 16.5 Å². The summed E-state index contributed by atoms with van der Waals surface area (Å²) in [5.41, 5.74) is 0. The maximum Gasteiger partial charge on any atom is 0.375 e. The average molecular weight is 436 g/mol. The summed E-state index contributed by atoms with van der Waals surface area (Å²) >= 11 is 0. The van der Waals surface area contributed by atoms with Gasteiger partial charge in [0.2, 0.25) is 5.76 Å². The molecule has 0 aliphatic carbocycles. The molecule has 31 heavy (non-hydrogen) atoms. The van der Waals surface area contributed by atoms with Crippen molar-refractivity contribution in [3.05, 3.63) is 17.9 Å². The van der Waals surface area contributed by atoms with Gasteiger partial charge in [-0.1, -0.05) is 84.0 Å². The molecular formula is C26H45NO4. The van der Waals surface area contributed by atoms with Crippen LogP contribution < -0.4 is 4.74 Å². The molecule has 178 valence electrons. The van der Waals surface area contributed by atoms with E-state index in [0.29, 0.717) is 12.6 Å². The summed E-state index contributed by atoms with van der Waals surface area (Å²) in [6.45, 7) is 6.80. The summed E-state index contributed by atoms with van der Waals surface area (Å²) < 4.78 is 16.7. The van der Waals surface area contributed by atoms with Gasteiger partial charge in [0, 0.05) is 19.2 Å². The van der Waals surface area contributed by atoms with Gasteiger partial charge in [-0.05, 0) is 32.3 Å². The maximum absolute atomic E-state index is 12.3. The number of rotatable bonds is 17. The van der Waals surface area contributed by atoms with Crippen LogP contribution in [0.3, 0.4) is 0 Å². The molecule has 0 spiro atoms. The largest absolute Gasteiger partial charge is 0.465 e. The molecule has 5 heteroatoms. The molecule has 1 aliphatic heterocycles. The van der Waals surface area contributed by atoms with Crippen LogP contribution in [0.4, 0.5) is 0 Å². The van der Waals surface area contributed by atoms with Crippen molar-refractivity contribution in [1.82, 2.24) is 4.90 Å². The number of unbranched alkanes of at least 4 members (excludes halogenated alkanes) is 11. The fraction of sp³-hybridized carbons (Fsp3) is 0.808. The summed E-state index contributed by atoms with van der Waals surface area (Å²) in [7, 11) is 0. The first-order valence-corrected chi connectivity index (χ1v) is 12.9. The van der Waals surface area contributed by atoms with Gasteiger partial charge in [0.25, 0.3) is 5.95 Å². The lowest BCUT2D eigenvalue weighted by Gasteiger charge is -2.31. The van der Waals surface area contributed by atoms with Crippen molar-refractivity contribution in [3.63, 3.8) is 0 Å². The van der Waals surface area contributed by atoms with Gasteiger partial charge in [-0.25, -0.2) is 4.79 Å². The number of nitrogens with zero attached hydrogens (tertiary/aromatic N) is 1. The second-order valence-electron chi connectivity index (χ2n) is 8.96. The third-order valence-corrected chi connectivity index (χ3v) is 6.21. The third-order valence-electron chi connectivity index (χ3n) is 6.21. The minimum Gasteiger partial charge on any atom is -0.465 e. The summed E-state index contributed by atoms with van der Waals surface area (Å²) in [5.74, 6) is 0.201. The number of hydrogen-bond acceptors (Lipinski definition) is 5. The Hall–Kier alpha value is -1.49. The molecule has 1 atom stereocenters. The lowest BCUT2D eigenvalue weighted by molar-refractivity contribution is -0.0324. The van der Waals surface area contributed by atoms with E-state index in [9.17, 15) is 4.79 Å². The molecule has 0 aromatic carbocycles. The lowest BCUT2D eigenvalue weighted by Crippen LogP contribution is -2.40. The summed E-state index contributed by atoms with van der Waals surface area (Å²) in [6.07, 6.45) is 19.2. The molecule has 0 N–H and O–H groups in total. The predicted octanol–water partition coefficient (Wildman–Crippen LogP) is 7.35. The minimum atomic E-state index is -0.418. The van der Waals surface area contributed by atoms with E-state index in [1.165, 1.54) is 89.9 Å². The third kappa shape index (κ3) is 11.1. The zero-order valence-corrected chi connectivity index (χ0v) is 20.0. The number of ether oxygens (including phenoxy) is 2. The molecule has 2 heterocycles. The van der Waals surface area contributed by atoms with Crippen LogP contribution in [0.2, 0.25) is 0 Å². The second kappa shape index (κ2) is 16.2. The minimum absolute atomic E-state index is 0.216. The van der Waals surface area contributed by atoms with Crippen LogP contribution in [0, 0.1) is 0 Å². The first kappa shape index (κ1) is 25.8. The van der Waals surface area contributed by atoms with Gasteiger partial charge in [0.1, 0.15) is 0 Å². The fourth-order valence-corrected chi connectivity index (χ4v) is 4.19. The highest BCUT2D eigenvalue weighted by molar-refractivity contribution is 5.86. The van der Waals surface area contributed by atoms with E-state index < -0.39 is 5.97 Å². The number of esters is 1. The number of piperidine rings is 1. The normalized spacial score (nSPS) is 15.7. The molecule has 1 aromatic heterocycles. The topological polar surface area (TPSA) is 51.9 Å². The van der Waals surface area contributed by atoms with Crippen molar-refractivity contribution >= 4 is 5.97 Å². The average Bonchev–Trinajstić information content (AvgIpc) is 3.26. The number of hydrogen-bond donors (Lipinski definition) is 0. The van der Waals surface area contributed by atoms with Crippen molar-refractivity contribution in [1.29, 1.82) is 0 Å². The zero-order chi connectivity index (χ0) is 22.2. The maximum atomic E-state index is 12.3. The molecule has 2 rings (SSSR count). The quantitative estimate of drug-likeness (QED) is 0.189. The van der Waals surface area contributed by atoms with Gasteiger partial charge >= 0.3 is 5.97 Å². The van der Waals surface area contributed by atoms with Gasteiger partial charge < -0.3 is 13.9 Å². The van der Waals surface area contributed by atoms with Gasteiger partial charge in [0.05, 0.1) is 6.61 Å². The lowest BCUT2D eigenvalue weighted by atomic mass is 10.1. The molecular weight excluding hydrogens is 390 g/mol. The number of furan rings is 1. The van der Waals surface area contributed by atoms with Gasteiger partial charge in [-0.2, -0.15) is 0 Å². The van der Waals surface area contributed by atoms with Gasteiger partial charge in [0.15, 0.2) is 6.23 Å². The Labute approximate surface area is 189 Å². The van der Waals surface area contributed by atoms with Crippen LogP contribution in [-0.2, 0) is 4.74 Å². The molecule has 1 fully saturated rings. The Morgan fingerprint density at radius 2 is 1.48 bits per heavy atom. The van der Waals surface area contributed by atoms with Crippen molar-refractivity contribution < 1.29 is 18.7 Å². The van der Waals surface area contributed by atoms with Crippen molar-refractivity contribution in [3.8, 4) is 5.95 Å². The van der Waals surface area contributed by atoms with E-state index in [2.05, 4.69) is 11.8 Å². The van der Waals surface area contributed by atoms with E-state index >= 15 is 0 Å². The summed E-state index contributed by atoms with van der Waals surface area (Å²) in [6, 6.07) is 3.35. The van der Waals surface area contributed by atoms with E-state index in [1.54, 1.807) is 12.1 Å². The smallest absolute Gasteiger partial charge is 0.375 e. The molecule has 0 saturated carbocycles. The summed E-state index contributed by atoms with van der Waals surface area (Å²) in [4.78, 5) is 14.5. The van der Waals surface area contributed by atoms with Crippen molar-refractivity contribution in [2.75, 3.05) is 19.7 Å². The number of carbonyl (C=O) groups is 1. The number of carbonyl (C=O) groups excluding carboxylic acids is 1. The highest BCUT2D eigenvalue weighted by atomic mass is 16.6. The molecule has 1 saturated heterocycles. The number of likely N-dealkylation sites (tertiary alicyclic amines) is 1. The van der Waals surface area contributed by atoms with Crippen molar-refractivity contribution in [2.45, 2.75) is 116 Å². The fourth-order valence-electron chi connectivity index (χ4n) is 4.19. The Morgan fingerprint density at radius 3 is 2.10 bits per heavy atom. The van der Waals surface area contributed by atoms with Gasteiger partial charge in [-0.3, -0.25) is 4.90 Å². The highest BCUT2D eigenvalue weighted by Gasteiger charge is 2.22. The summed E-state index contributed by atoms with van der Waals surface area (Å²) in [5, 5.41) is 0. The monoisotopic (exact) mass is 435 g/mol. The molecule has 0 amide bonds. The van der Waals surface area contributed by atoms with E-state index in [0.717, 1.165) is 19.5 Å². The van der Waals surface area contributed by atoms with Crippen LogP contribution >= 0.6 is 0 Å².